The Kier molecular flexibility index (Phi) is 5.36. The summed E-state index contributed by atoms with van der Waals surface area (Å²) in [5.41, 5.74) is 0. The molecule has 2 amide bonds. The molecule has 1 N–H and O–H groups in total. The number of rotatable bonds is 3. The van der Waals surface area contributed by atoms with E-state index in [1.165, 1.54) is 12.8 Å². The van der Waals surface area contributed by atoms with Crippen LogP contribution in [-0.2, 0) is 9.59 Å². The van der Waals surface area contributed by atoms with Crippen LogP contribution in [0.15, 0.2) is 10.6 Å². The molecule has 0 unspecified atom stereocenters. The Bertz CT molecular complexity index is 498. The van der Waals surface area contributed by atoms with Gasteiger partial charge in [0.25, 0.3) is 0 Å². The number of aromatic nitrogens is 1. The normalized spacial score (nSPS) is 19.1. The smallest absolute Gasteiger partial charge is 0.315 e. The Balaban J connectivity index is 1.88. The molecule has 1 fully saturated rings. The number of nitrogens with one attached hydrogen (secondary N) is 1. The lowest BCUT2D eigenvalue weighted by Crippen LogP contribution is -2.40. The summed E-state index contributed by atoms with van der Waals surface area (Å²) in [6, 6.07) is 1.59. The molecular weight excluding hydrogens is 270 g/mol. The van der Waals surface area contributed by atoms with Gasteiger partial charge in [-0.2, -0.15) is 0 Å². The fourth-order valence-electron chi connectivity index (χ4n) is 2.80. The largest absolute Gasteiger partial charge is 0.360 e. The molecule has 6 heteroatoms. The number of hydrogen-bond acceptors (Lipinski definition) is 4. The summed E-state index contributed by atoms with van der Waals surface area (Å²) in [4.78, 5) is 25.8. The van der Waals surface area contributed by atoms with Crippen molar-refractivity contribution in [3.8, 4) is 0 Å². The van der Waals surface area contributed by atoms with Crippen molar-refractivity contribution in [2.45, 2.75) is 46.0 Å². The van der Waals surface area contributed by atoms with E-state index in [-0.39, 0.29) is 5.82 Å². The van der Waals surface area contributed by atoms with E-state index >= 15 is 0 Å². The summed E-state index contributed by atoms with van der Waals surface area (Å²) in [6.45, 7) is 5.23. The van der Waals surface area contributed by atoms with Gasteiger partial charge in [-0.1, -0.05) is 24.9 Å². The lowest BCUT2D eigenvalue weighted by Gasteiger charge is -2.19. The Morgan fingerprint density at radius 1 is 1.43 bits per heavy atom. The Morgan fingerprint density at radius 2 is 2.24 bits per heavy atom. The average molecular weight is 293 g/mol. The quantitative estimate of drug-likeness (QED) is 0.868. The molecule has 1 aromatic rings. The number of carbonyl (C=O) groups excluding carboxylic acids is 2. The van der Waals surface area contributed by atoms with Gasteiger partial charge in [0.05, 0.1) is 0 Å². The number of nitrogens with zero attached hydrogens (tertiary/aromatic N) is 2. The zero-order valence-electron chi connectivity index (χ0n) is 12.7. The van der Waals surface area contributed by atoms with E-state index < -0.39 is 11.8 Å². The van der Waals surface area contributed by atoms with Gasteiger partial charge in [-0.25, -0.2) is 0 Å². The molecule has 1 aliphatic rings. The third-order valence-electron chi connectivity index (χ3n) is 3.90. The van der Waals surface area contributed by atoms with Crippen molar-refractivity contribution in [3.05, 3.63) is 11.8 Å². The van der Waals surface area contributed by atoms with E-state index in [1.807, 2.05) is 0 Å². The standard InChI is InChI=1S/C15H23N3O3/c1-3-5-12-6-4-8-18(9-7-12)15(20)14(19)16-13-10-11(2)21-17-13/h10,12H,3-9H2,1-2H3,(H,16,17,19)/t12-/m1/s1. The lowest BCUT2D eigenvalue weighted by atomic mass is 9.96. The van der Waals surface area contributed by atoms with Crippen molar-refractivity contribution in [3.63, 3.8) is 0 Å². The summed E-state index contributed by atoms with van der Waals surface area (Å²) >= 11 is 0. The summed E-state index contributed by atoms with van der Waals surface area (Å²) in [7, 11) is 0. The first-order chi connectivity index (χ1) is 10.1. The highest BCUT2D eigenvalue weighted by Crippen LogP contribution is 2.22. The van der Waals surface area contributed by atoms with E-state index in [2.05, 4.69) is 17.4 Å². The second-order valence-corrected chi connectivity index (χ2v) is 5.65. The molecule has 1 saturated heterocycles. The summed E-state index contributed by atoms with van der Waals surface area (Å²) in [6.07, 6.45) is 5.46. The SMILES string of the molecule is CCC[C@@H]1CCCN(C(=O)C(=O)Nc2cc(C)on2)CC1. The number of carbonyl (C=O) groups is 2. The first-order valence-electron chi connectivity index (χ1n) is 7.63. The molecule has 116 valence electrons. The van der Waals surface area contributed by atoms with Gasteiger partial charge < -0.3 is 9.42 Å². The number of hydrogen-bond donors (Lipinski definition) is 1. The maximum absolute atomic E-state index is 12.2. The zero-order valence-corrected chi connectivity index (χ0v) is 12.7. The number of likely N-dealkylation sites (tertiary alicyclic amines) is 1. The predicted molar refractivity (Wildman–Crippen MR) is 78.7 cm³/mol. The minimum Gasteiger partial charge on any atom is -0.360 e. The fourth-order valence-corrected chi connectivity index (χ4v) is 2.80. The van der Waals surface area contributed by atoms with Gasteiger partial charge in [0.15, 0.2) is 5.82 Å². The van der Waals surface area contributed by atoms with Crippen molar-refractivity contribution < 1.29 is 14.1 Å². The topological polar surface area (TPSA) is 75.4 Å². The molecule has 0 saturated carbocycles. The van der Waals surface area contributed by atoms with Crippen LogP contribution in [0.25, 0.3) is 0 Å². The minimum absolute atomic E-state index is 0.282. The van der Waals surface area contributed by atoms with Crippen LogP contribution in [0.2, 0.25) is 0 Å². The van der Waals surface area contributed by atoms with Crippen LogP contribution in [0.1, 0.15) is 44.8 Å². The number of aryl methyl sites for hydroxylation is 1. The molecule has 1 atom stereocenters. The second kappa shape index (κ2) is 7.24. The van der Waals surface area contributed by atoms with E-state index in [0.29, 0.717) is 24.8 Å². The third kappa shape index (κ3) is 4.31. The van der Waals surface area contributed by atoms with Crippen LogP contribution >= 0.6 is 0 Å². The van der Waals surface area contributed by atoms with E-state index in [0.717, 1.165) is 19.3 Å². The molecule has 2 heterocycles. The molecule has 6 nitrogen and oxygen atoms in total. The van der Waals surface area contributed by atoms with Crippen LogP contribution in [0.5, 0.6) is 0 Å². The monoisotopic (exact) mass is 293 g/mol. The zero-order chi connectivity index (χ0) is 15.2. The van der Waals surface area contributed by atoms with E-state index in [9.17, 15) is 9.59 Å². The molecule has 21 heavy (non-hydrogen) atoms. The predicted octanol–water partition coefficient (Wildman–Crippen LogP) is 2.35. The Morgan fingerprint density at radius 3 is 2.90 bits per heavy atom. The van der Waals surface area contributed by atoms with Gasteiger partial charge in [0.1, 0.15) is 5.76 Å². The van der Waals surface area contributed by atoms with Crippen molar-refractivity contribution in [2.24, 2.45) is 5.92 Å². The van der Waals surface area contributed by atoms with Gasteiger partial charge in [0, 0.05) is 19.2 Å². The van der Waals surface area contributed by atoms with E-state index in [4.69, 9.17) is 4.52 Å². The first kappa shape index (κ1) is 15.5. The average Bonchev–Trinajstić information content (AvgIpc) is 2.73. The van der Waals surface area contributed by atoms with Crippen LogP contribution in [-0.4, -0.2) is 35.0 Å². The highest BCUT2D eigenvalue weighted by molar-refractivity contribution is 6.39. The van der Waals surface area contributed by atoms with Gasteiger partial charge in [-0.15, -0.1) is 0 Å². The summed E-state index contributed by atoms with van der Waals surface area (Å²) in [5.74, 6) is 0.429. The van der Waals surface area contributed by atoms with Crippen molar-refractivity contribution in [1.82, 2.24) is 10.1 Å². The summed E-state index contributed by atoms with van der Waals surface area (Å²) in [5, 5.41) is 6.14. The van der Waals surface area contributed by atoms with E-state index in [1.54, 1.807) is 17.9 Å². The van der Waals surface area contributed by atoms with Gasteiger partial charge in [-0.05, 0) is 32.1 Å². The lowest BCUT2D eigenvalue weighted by molar-refractivity contribution is -0.143. The van der Waals surface area contributed by atoms with Gasteiger partial charge in [0.2, 0.25) is 0 Å². The molecule has 0 spiro atoms. The number of amides is 2. The molecule has 2 rings (SSSR count). The van der Waals surface area contributed by atoms with Crippen molar-refractivity contribution >= 4 is 17.6 Å². The fraction of sp³-hybridized carbons (Fsp3) is 0.667. The molecule has 1 aromatic heterocycles. The van der Waals surface area contributed by atoms with Gasteiger partial charge >= 0.3 is 11.8 Å². The maximum Gasteiger partial charge on any atom is 0.315 e. The molecule has 0 aromatic carbocycles. The highest BCUT2D eigenvalue weighted by atomic mass is 16.5. The number of anilines is 1. The minimum atomic E-state index is -0.641. The van der Waals surface area contributed by atoms with Crippen LogP contribution in [0, 0.1) is 12.8 Å². The van der Waals surface area contributed by atoms with Crippen LogP contribution in [0.4, 0.5) is 5.82 Å². The Labute approximate surface area is 124 Å². The molecule has 1 aliphatic heterocycles. The molecular formula is C15H23N3O3. The molecule has 0 radical (unpaired) electrons. The van der Waals surface area contributed by atoms with Crippen LogP contribution < -0.4 is 5.32 Å². The second-order valence-electron chi connectivity index (χ2n) is 5.65. The Hall–Kier alpha value is -1.85. The first-order valence-corrected chi connectivity index (χ1v) is 7.63. The maximum atomic E-state index is 12.2. The summed E-state index contributed by atoms with van der Waals surface area (Å²) < 4.78 is 4.86. The molecule has 0 aliphatic carbocycles. The highest BCUT2D eigenvalue weighted by Gasteiger charge is 2.25. The van der Waals surface area contributed by atoms with Crippen molar-refractivity contribution in [2.75, 3.05) is 18.4 Å². The third-order valence-corrected chi connectivity index (χ3v) is 3.90. The van der Waals surface area contributed by atoms with Crippen molar-refractivity contribution in [1.29, 1.82) is 0 Å². The van der Waals surface area contributed by atoms with Gasteiger partial charge in [-0.3, -0.25) is 14.9 Å². The molecule has 0 bridgehead atoms. The van der Waals surface area contributed by atoms with Crippen LogP contribution in [0.3, 0.4) is 0 Å².